The molecule has 0 saturated carbocycles. The van der Waals surface area contributed by atoms with E-state index in [1.807, 2.05) is 12.1 Å². The lowest BCUT2D eigenvalue weighted by molar-refractivity contribution is 0.101. The maximum absolute atomic E-state index is 11.1. The average Bonchev–Trinajstić information content (AvgIpc) is 2.26. The molecule has 82 valence electrons. The lowest BCUT2D eigenvalue weighted by atomic mass is 10.2. The van der Waals surface area contributed by atoms with Crippen LogP contribution in [0, 0.1) is 0 Å². The van der Waals surface area contributed by atoms with Crippen LogP contribution in [0.4, 0.5) is 0 Å². The monoisotopic (exact) mass is 206 g/mol. The van der Waals surface area contributed by atoms with Crippen LogP contribution in [0.25, 0.3) is 0 Å². The molecule has 0 N–H and O–H groups in total. The summed E-state index contributed by atoms with van der Waals surface area (Å²) in [5.74, 6) is 0.0244. The lowest BCUT2D eigenvalue weighted by Gasteiger charge is -2.17. The highest BCUT2D eigenvalue weighted by Crippen LogP contribution is 2.04. The first-order chi connectivity index (χ1) is 7.17. The third kappa shape index (κ3) is 3.44. The van der Waals surface area contributed by atoms with Crippen molar-refractivity contribution in [3.63, 3.8) is 0 Å². The summed E-state index contributed by atoms with van der Waals surface area (Å²) in [6.07, 6.45) is 0. The number of hydrogen-bond acceptors (Lipinski definition) is 3. The summed E-state index contributed by atoms with van der Waals surface area (Å²) in [5, 5.41) is 0. The molecule has 1 aromatic rings. The summed E-state index contributed by atoms with van der Waals surface area (Å²) >= 11 is 0. The van der Waals surface area contributed by atoms with Gasteiger partial charge >= 0.3 is 0 Å². The third-order valence-electron chi connectivity index (χ3n) is 2.45. The van der Waals surface area contributed by atoms with E-state index >= 15 is 0 Å². The molecule has 0 amide bonds. The summed E-state index contributed by atoms with van der Waals surface area (Å²) < 4.78 is 0. The van der Waals surface area contributed by atoms with Gasteiger partial charge in [0.2, 0.25) is 0 Å². The maximum atomic E-state index is 11.1. The molecule has 0 bridgehead atoms. The van der Waals surface area contributed by atoms with Crippen molar-refractivity contribution >= 4 is 5.78 Å². The molecule has 0 spiro atoms. The van der Waals surface area contributed by atoms with E-state index in [9.17, 15) is 4.79 Å². The van der Waals surface area contributed by atoms with Gasteiger partial charge in [-0.15, -0.1) is 0 Å². The van der Waals surface area contributed by atoms with Crippen molar-refractivity contribution in [2.24, 2.45) is 0 Å². The van der Waals surface area contributed by atoms with Crippen molar-refractivity contribution in [1.29, 1.82) is 0 Å². The number of nitrogens with zero attached hydrogens (tertiary/aromatic N) is 2. The van der Waals surface area contributed by atoms with Crippen molar-refractivity contribution in [2.45, 2.75) is 27.3 Å². The topological polar surface area (TPSA) is 33.2 Å². The number of carbonyl (C=O) groups is 1. The first kappa shape index (κ1) is 11.9. The highest BCUT2D eigenvalue weighted by Gasteiger charge is 2.05. The average molecular weight is 206 g/mol. The number of ketones is 1. The van der Waals surface area contributed by atoms with Crippen LogP contribution >= 0.6 is 0 Å². The molecule has 0 radical (unpaired) electrons. The van der Waals surface area contributed by atoms with Gasteiger partial charge in [0.25, 0.3) is 0 Å². The summed E-state index contributed by atoms with van der Waals surface area (Å²) in [6.45, 7) is 8.61. The van der Waals surface area contributed by atoms with Crippen LogP contribution in [0.15, 0.2) is 18.2 Å². The van der Waals surface area contributed by atoms with Gasteiger partial charge in [-0.25, -0.2) is 4.98 Å². The van der Waals surface area contributed by atoms with Crippen molar-refractivity contribution < 1.29 is 4.79 Å². The summed E-state index contributed by atoms with van der Waals surface area (Å²) in [6, 6.07) is 5.61. The smallest absolute Gasteiger partial charge is 0.178 e. The molecular formula is C12H18N2O. The van der Waals surface area contributed by atoms with Gasteiger partial charge in [-0.2, -0.15) is 0 Å². The molecule has 0 atom stereocenters. The maximum Gasteiger partial charge on any atom is 0.178 e. The lowest BCUT2D eigenvalue weighted by Crippen LogP contribution is -2.23. The van der Waals surface area contributed by atoms with Crippen molar-refractivity contribution in [2.75, 3.05) is 13.1 Å². The van der Waals surface area contributed by atoms with Gasteiger partial charge in [0.1, 0.15) is 5.69 Å². The van der Waals surface area contributed by atoms with Crippen LogP contribution in [0.5, 0.6) is 0 Å². The minimum Gasteiger partial charge on any atom is -0.298 e. The van der Waals surface area contributed by atoms with Gasteiger partial charge in [0.15, 0.2) is 5.78 Å². The largest absolute Gasteiger partial charge is 0.298 e. The minimum absolute atomic E-state index is 0.0244. The van der Waals surface area contributed by atoms with E-state index in [0.717, 1.165) is 25.3 Å². The fourth-order valence-electron chi connectivity index (χ4n) is 1.44. The van der Waals surface area contributed by atoms with E-state index in [4.69, 9.17) is 0 Å². The van der Waals surface area contributed by atoms with Crippen LogP contribution in [0.2, 0.25) is 0 Å². The van der Waals surface area contributed by atoms with Gasteiger partial charge < -0.3 is 0 Å². The molecule has 0 fully saturated rings. The molecule has 3 nitrogen and oxygen atoms in total. The Morgan fingerprint density at radius 1 is 1.33 bits per heavy atom. The van der Waals surface area contributed by atoms with E-state index in [2.05, 4.69) is 23.7 Å². The van der Waals surface area contributed by atoms with E-state index < -0.39 is 0 Å². The predicted octanol–water partition coefficient (Wildman–Crippen LogP) is 2.13. The van der Waals surface area contributed by atoms with Crippen molar-refractivity contribution in [1.82, 2.24) is 9.88 Å². The van der Waals surface area contributed by atoms with E-state index in [1.165, 1.54) is 0 Å². The summed E-state index contributed by atoms with van der Waals surface area (Å²) in [5.41, 5.74) is 1.52. The van der Waals surface area contributed by atoms with Crippen LogP contribution in [-0.2, 0) is 6.54 Å². The molecule has 0 aliphatic carbocycles. The second kappa shape index (κ2) is 5.61. The van der Waals surface area contributed by atoms with Crippen LogP contribution < -0.4 is 0 Å². The van der Waals surface area contributed by atoms with Gasteiger partial charge in [-0.1, -0.05) is 19.9 Å². The first-order valence-electron chi connectivity index (χ1n) is 5.36. The molecule has 1 aromatic heterocycles. The molecule has 3 heteroatoms. The Kier molecular flexibility index (Phi) is 4.43. The Balaban J connectivity index is 2.77. The SMILES string of the molecule is CCN(CC)Cc1cccc(C(C)=O)n1. The molecule has 0 aliphatic rings. The quantitative estimate of drug-likeness (QED) is 0.692. The Labute approximate surface area is 91.1 Å². The van der Waals surface area contributed by atoms with Crippen molar-refractivity contribution in [3.05, 3.63) is 29.6 Å². The van der Waals surface area contributed by atoms with Crippen LogP contribution in [0.1, 0.15) is 37.0 Å². The first-order valence-corrected chi connectivity index (χ1v) is 5.36. The summed E-state index contributed by atoms with van der Waals surface area (Å²) in [7, 11) is 0. The Bertz CT molecular complexity index is 332. The number of aromatic nitrogens is 1. The Morgan fingerprint density at radius 2 is 2.00 bits per heavy atom. The number of Topliss-reactive ketones (excluding diaryl/α,β-unsaturated/α-hetero) is 1. The molecule has 0 unspecified atom stereocenters. The molecule has 0 aromatic carbocycles. The highest BCUT2D eigenvalue weighted by molar-refractivity contribution is 5.92. The number of pyridine rings is 1. The van der Waals surface area contributed by atoms with Gasteiger partial charge in [-0.05, 0) is 25.2 Å². The number of carbonyl (C=O) groups excluding carboxylic acids is 1. The van der Waals surface area contributed by atoms with E-state index in [0.29, 0.717) is 5.69 Å². The second-order valence-corrected chi connectivity index (χ2v) is 3.53. The summed E-state index contributed by atoms with van der Waals surface area (Å²) in [4.78, 5) is 17.7. The second-order valence-electron chi connectivity index (χ2n) is 3.53. The van der Waals surface area contributed by atoms with Gasteiger partial charge in [-0.3, -0.25) is 9.69 Å². The Morgan fingerprint density at radius 3 is 2.53 bits per heavy atom. The standard InChI is InChI=1S/C12H18N2O/c1-4-14(5-2)9-11-7-6-8-12(13-11)10(3)15/h6-8H,4-5,9H2,1-3H3. The zero-order chi connectivity index (χ0) is 11.3. The van der Waals surface area contributed by atoms with Gasteiger partial charge in [0, 0.05) is 13.5 Å². The zero-order valence-corrected chi connectivity index (χ0v) is 9.66. The minimum atomic E-state index is 0.0244. The Hall–Kier alpha value is -1.22. The molecule has 0 saturated heterocycles. The van der Waals surface area contributed by atoms with Crippen molar-refractivity contribution in [3.8, 4) is 0 Å². The molecule has 1 rings (SSSR count). The highest BCUT2D eigenvalue weighted by atomic mass is 16.1. The van der Waals surface area contributed by atoms with E-state index in [1.54, 1.807) is 13.0 Å². The van der Waals surface area contributed by atoms with Crippen LogP contribution in [-0.4, -0.2) is 28.8 Å². The molecular weight excluding hydrogens is 188 g/mol. The van der Waals surface area contributed by atoms with Crippen LogP contribution in [0.3, 0.4) is 0 Å². The normalized spacial score (nSPS) is 10.7. The predicted molar refractivity (Wildman–Crippen MR) is 60.9 cm³/mol. The fraction of sp³-hybridized carbons (Fsp3) is 0.500. The third-order valence-corrected chi connectivity index (χ3v) is 2.45. The van der Waals surface area contributed by atoms with Gasteiger partial charge in [0.05, 0.1) is 5.69 Å². The molecule has 15 heavy (non-hydrogen) atoms. The molecule has 0 aliphatic heterocycles. The van der Waals surface area contributed by atoms with E-state index in [-0.39, 0.29) is 5.78 Å². The fourth-order valence-corrected chi connectivity index (χ4v) is 1.44. The number of rotatable bonds is 5. The molecule has 1 heterocycles. The zero-order valence-electron chi connectivity index (χ0n) is 9.66. The number of hydrogen-bond donors (Lipinski definition) is 0.